The van der Waals surface area contributed by atoms with E-state index < -0.39 is 13.3 Å². The Morgan fingerprint density at radius 1 is 1.09 bits per heavy atom. The molecule has 3 N–H and O–H groups in total. The van der Waals surface area contributed by atoms with Crippen LogP contribution in [-0.4, -0.2) is 26.7 Å². The maximum atomic E-state index is 10.7. The van der Waals surface area contributed by atoms with Crippen LogP contribution in [0.1, 0.15) is 25.7 Å². The molecule has 4 nitrogen and oxygen atoms in total. The number of aliphatic hydroxyl groups excluding tert-OH is 1. The third-order valence-corrected chi connectivity index (χ3v) is 3.61. The van der Waals surface area contributed by atoms with Crippen LogP contribution in [0.25, 0.3) is 0 Å². The van der Waals surface area contributed by atoms with Crippen LogP contribution in [0.15, 0.2) is 0 Å². The van der Waals surface area contributed by atoms with Gasteiger partial charge in [0.2, 0.25) is 0 Å². The summed E-state index contributed by atoms with van der Waals surface area (Å²) in [5, 5.41) is 9.04. The maximum Gasteiger partial charge on any atom is 0.328 e. The van der Waals surface area contributed by atoms with Gasteiger partial charge in [-0.1, -0.05) is 0 Å². The van der Waals surface area contributed by atoms with Crippen molar-refractivity contribution in [3.63, 3.8) is 0 Å². The molecule has 0 unspecified atom stereocenters. The van der Waals surface area contributed by atoms with Crippen molar-refractivity contribution in [3.8, 4) is 0 Å². The largest absolute Gasteiger partial charge is 0.393 e. The quantitative estimate of drug-likeness (QED) is 0.512. The molecule has 0 aliphatic heterocycles. The fourth-order valence-corrected chi connectivity index (χ4v) is 2.37. The molecule has 66 valence electrons. The van der Waals surface area contributed by atoms with Crippen LogP contribution in [0.3, 0.4) is 0 Å². The first-order valence-electron chi connectivity index (χ1n) is 3.73. The molecule has 1 fully saturated rings. The van der Waals surface area contributed by atoms with Crippen LogP contribution in [0.4, 0.5) is 0 Å². The summed E-state index contributed by atoms with van der Waals surface area (Å²) in [6.07, 6.45) is 1.60. The smallest absolute Gasteiger partial charge is 0.328 e. The number of aliphatic hydroxyl groups is 1. The summed E-state index contributed by atoms with van der Waals surface area (Å²) in [5.41, 5.74) is -0.508. The highest BCUT2D eigenvalue weighted by molar-refractivity contribution is 7.52. The molecule has 11 heavy (non-hydrogen) atoms. The van der Waals surface area contributed by atoms with E-state index in [9.17, 15) is 4.57 Å². The van der Waals surface area contributed by atoms with Gasteiger partial charge in [-0.05, 0) is 25.7 Å². The molecule has 0 radical (unpaired) electrons. The van der Waals surface area contributed by atoms with Gasteiger partial charge in [-0.3, -0.25) is 4.57 Å². The van der Waals surface area contributed by atoms with Crippen molar-refractivity contribution in [2.75, 3.05) is 0 Å². The van der Waals surface area contributed by atoms with E-state index in [4.69, 9.17) is 14.9 Å². The summed E-state index contributed by atoms with van der Waals surface area (Å²) in [6, 6.07) is 0. The minimum Gasteiger partial charge on any atom is -0.393 e. The highest BCUT2D eigenvalue weighted by Gasteiger charge is 2.32. The third kappa shape index (κ3) is 2.56. The van der Waals surface area contributed by atoms with Crippen LogP contribution in [0.2, 0.25) is 0 Å². The Kier molecular flexibility index (Phi) is 2.70. The van der Waals surface area contributed by atoms with Crippen LogP contribution < -0.4 is 0 Å². The lowest BCUT2D eigenvalue weighted by Gasteiger charge is -2.25. The standard InChI is InChI=1S/C6H13O4P/c7-5-1-3-6(4-2-5)11(8,9)10/h5-7H,1-4H2,(H2,8,9,10). The third-order valence-electron chi connectivity index (χ3n) is 2.14. The number of hydrogen-bond acceptors (Lipinski definition) is 2. The molecule has 0 heterocycles. The zero-order chi connectivity index (χ0) is 8.48. The predicted octanol–water partition coefficient (Wildman–Crippen LogP) is 0.468. The van der Waals surface area contributed by atoms with Crippen molar-refractivity contribution in [3.05, 3.63) is 0 Å². The second kappa shape index (κ2) is 3.23. The molecule has 0 saturated heterocycles. The van der Waals surface area contributed by atoms with Gasteiger partial charge in [0, 0.05) is 0 Å². The van der Waals surface area contributed by atoms with Crippen molar-refractivity contribution in [1.29, 1.82) is 0 Å². The summed E-state index contributed by atoms with van der Waals surface area (Å²) in [5.74, 6) is 0. The van der Waals surface area contributed by atoms with Gasteiger partial charge in [0.1, 0.15) is 0 Å². The lowest BCUT2D eigenvalue weighted by Crippen LogP contribution is -2.21. The Morgan fingerprint density at radius 2 is 1.55 bits per heavy atom. The summed E-state index contributed by atoms with van der Waals surface area (Å²) >= 11 is 0. The Hall–Kier alpha value is 0.110. The Labute approximate surface area is 65.4 Å². The van der Waals surface area contributed by atoms with Crippen LogP contribution in [-0.2, 0) is 4.57 Å². The second-order valence-corrected chi connectivity index (χ2v) is 4.96. The molecule has 1 rings (SSSR count). The fourth-order valence-electron chi connectivity index (χ4n) is 1.39. The molecular weight excluding hydrogens is 167 g/mol. The Morgan fingerprint density at radius 3 is 1.91 bits per heavy atom. The normalized spacial score (nSPS) is 33.7. The van der Waals surface area contributed by atoms with Gasteiger partial charge in [0.25, 0.3) is 0 Å². The molecule has 0 bridgehead atoms. The average Bonchev–Trinajstić information content (AvgIpc) is 1.86. The van der Waals surface area contributed by atoms with E-state index >= 15 is 0 Å². The summed E-state index contributed by atoms with van der Waals surface area (Å²) in [6.45, 7) is 0. The van der Waals surface area contributed by atoms with Gasteiger partial charge in [-0.2, -0.15) is 0 Å². The second-order valence-electron chi connectivity index (χ2n) is 3.05. The molecule has 1 aliphatic rings. The first kappa shape index (κ1) is 9.20. The van der Waals surface area contributed by atoms with Crippen LogP contribution in [0.5, 0.6) is 0 Å². The molecule has 0 aromatic carbocycles. The van der Waals surface area contributed by atoms with Crippen molar-refractivity contribution in [2.45, 2.75) is 37.4 Å². The van der Waals surface area contributed by atoms with Crippen molar-refractivity contribution >= 4 is 7.60 Å². The zero-order valence-electron chi connectivity index (χ0n) is 6.18. The zero-order valence-corrected chi connectivity index (χ0v) is 7.07. The van der Waals surface area contributed by atoms with Gasteiger partial charge in [0.15, 0.2) is 0 Å². The SMILES string of the molecule is O=P(O)(O)C1CCC(O)CC1. The molecule has 5 heteroatoms. The molecule has 1 saturated carbocycles. The van der Waals surface area contributed by atoms with Gasteiger partial charge >= 0.3 is 7.60 Å². The van der Waals surface area contributed by atoms with Crippen LogP contribution in [0, 0.1) is 0 Å². The van der Waals surface area contributed by atoms with Gasteiger partial charge < -0.3 is 14.9 Å². The predicted molar refractivity (Wildman–Crippen MR) is 40.3 cm³/mol. The van der Waals surface area contributed by atoms with Gasteiger partial charge in [-0.25, -0.2) is 0 Å². The van der Waals surface area contributed by atoms with E-state index in [0.29, 0.717) is 25.7 Å². The minimum absolute atomic E-state index is 0.349. The molecule has 0 amide bonds. The summed E-state index contributed by atoms with van der Waals surface area (Å²) < 4.78 is 10.7. The fraction of sp³-hybridized carbons (Fsp3) is 1.00. The average molecular weight is 180 g/mol. The molecule has 0 aromatic heterocycles. The van der Waals surface area contributed by atoms with E-state index in [-0.39, 0.29) is 6.10 Å². The Balaban J connectivity index is 2.46. The Bertz CT molecular complexity index is 167. The topological polar surface area (TPSA) is 77.8 Å². The number of hydrogen-bond donors (Lipinski definition) is 3. The highest BCUT2D eigenvalue weighted by atomic mass is 31.2. The highest BCUT2D eigenvalue weighted by Crippen LogP contribution is 2.47. The van der Waals surface area contributed by atoms with E-state index in [1.807, 2.05) is 0 Å². The molecule has 1 aliphatic carbocycles. The van der Waals surface area contributed by atoms with Crippen molar-refractivity contribution < 1.29 is 19.5 Å². The van der Waals surface area contributed by atoms with E-state index in [0.717, 1.165) is 0 Å². The number of rotatable bonds is 1. The monoisotopic (exact) mass is 180 g/mol. The van der Waals surface area contributed by atoms with Crippen LogP contribution >= 0.6 is 7.60 Å². The van der Waals surface area contributed by atoms with Gasteiger partial charge in [0.05, 0.1) is 11.8 Å². The lowest BCUT2D eigenvalue weighted by atomic mass is 9.97. The summed E-state index contributed by atoms with van der Waals surface area (Å²) in [7, 11) is -3.88. The molecular formula is C6H13O4P. The van der Waals surface area contributed by atoms with E-state index in [2.05, 4.69) is 0 Å². The van der Waals surface area contributed by atoms with E-state index in [1.165, 1.54) is 0 Å². The summed E-state index contributed by atoms with van der Waals surface area (Å²) in [4.78, 5) is 17.5. The first-order chi connectivity index (χ1) is 5.00. The minimum atomic E-state index is -3.88. The molecule has 0 spiro atoms. The maximum absolute atomic E-state index is 10.7. The molecule has 0 aromatic rings. The van der Waals surface area contributed by atoms with Gasteiger partial charge in [-0.15, -0.1) is 0 Å². The lowest BCUT2D eigenvalue weighted by molar-refractivity contribution is 0.128. The molecule has 0 atom stereocenters. The van der Waals surface area contributed by atoms with Crippen molar-refractivity contribution in [2.24, 2.45) is 0 Å². The van der Waals surface area contributed by atoms with E-state index in [1.54, 1.807) is 0 Å². The first-order valence-corrected chi connectivity index (χ1v) is 5.41. The van der Waals surface area contributed by atoms with Crippen molar-refractivity contribution in [1.82, 2.24) is 0 Å².